The molecule has 0 radical (unpaired) electrons. The fourth-order valence-corrected chi connectivity index (χ4v) is 3.20. The van der Waals surface area contributed by atoms with Crippen LogP contribution in [-0.4, -0.2) is 43.6 Å². The molecule has 1 saturated heterocycles. The molecule has 5 nitrogen and oxygen atoms in total. The van der Waals surface area contributed by atoms with E-state index < -0.39 is 6.61 Å². The van der Waals surface area contributed by atoms with Gasteiger partial charge < -0.3 is 20.3 Å². The minimum Gasteiger partial charge on any atom is -0.435 e. The summed E-state index contributed by atoms with van der Waals surface area (Å²) in [5, 5.41) is 6.45. The van der Waals surface area contributed by atoms with Crippen molar-refractivity contribution >= 4 is 17.3 Å². The molecule has 0 saturated carbocycles. The lowest BCUT2D eigenvalue weighted by Crippen LogP contribution is -2.44. The number of hydrogen-bond acceptors (Lipinski definition) is 4. The highest BCUT2D eigenvalue weighted by atomic mass is 19.3. The molecule has 0 atom stereocenters. The van der Waals surface area contributed by atoms with Crippen molar-refractivity contribution < 1.29 is 18.3 Å². The quantitative estimate of drug-likeness (QED) is 0.805. The highest BCUT2D eigenvalue weighted by molar-refractivity contribution is 6.00. The second-order valence-corrected chi connectivity index (χ2v) is 6.43. The van der Waals surface area contributed by atoms with Crippen molar-refractivity contribution in [1.82, 2.24) is 10.2 Å². The van der Waals surface area contributed by atoms with Gasteiger partial charge in [0.1, 0.15) is 5.75 Å². The van der Waals surface area contributed by atoms with Crippen molar-refractivity contribution in [3.8, 4) is 5.75 Å². The van der Waals surface area contributed by atoms with Gasteiger partial charge in [-0.05, 0) is 56.3 Å². The number of piperidine rings is 1. The van der Waals surface area contributed by atoms with Crippen molar-refractivity contribution in [1.29, 1.82) is 0 Å². The van der Waals surface area contributed by atoms with Gasteiger partial charge in [-0.15, -0.1) is 0 Å². The first-order chi connectivity index (χ1) is 13.1. The Labute approximate surface area is 157 Å². The number of para-hydroxylation sites is 1. The van der Waals surface area contributed by atoms with Crippen LogP contribution in [0.4, 0.5) is 20.2 Å². The number of carbonyl (C=O) groups is 1. The van der Waals surface area contributed by atoms with E-state index in [9.17, 15) is 13.6 Å². The third kappa shape index (κ3) is 4.95. The summed E-state index contributed by atoms with van der Waals surface area (Å²) in [6, 6.07) is 14.0. The first kappa shape index (κ1) is 19.1. The maximum absolute atomic E-state index is 12.9. The number of nitrogens with one attached hydrogen (secondary N) is 2. The van der Waals surface area contributed by atoms with Crippen LogP contribution < -0.4 is 15.4 Å². The summed E-state index contributed by atoms with van der Waals surface area (Å²) in [6.45, 7) is -1.41. The molecule has 1 amide bonds. The van der Waals surface area contributed by atoms with Gasteiger partial charge in [0.15, 0.2) is 0 Å². The summed E-state index contributed by atoms with van der Waals surface area (Å²) in [5.74, 6) is 0.0811. The average Bonchev–Trinajstić information content (AvgIpc) is 2.69. The largest absolute Gasteiger partial charge is 0.435 e. The minimum absolute atomic E-state index is 0.00898. The summed E-state index contributed by atoms with van der Waals surface area (Å²) >= 11 is 0. The van der Waals surface area contributed by atoms with Crippen molar-refractivity contribution in [3.63, 3.8) is 0 Å². The van der Waals surface area contributed by atoms with E-state index in [0.717, 1.165) is 25.9 Å². The van der Waals surface area contributed by atoms with E-state index in [1.165, 1.54) is 12.1 Å². The van der Waals surface area contributed by atoms with E-state index in [0.29, 0.717) is 23.0 Å². The molecule has 1 fully saturated rings. The monoisotopic (exact) mass is 375 g/mol. The third-order valence-electron chi connectivity index (χ3n) is 4.71. The van der Waals surface area contributed by atoms with Gasteiger partial charge in [-0.1, -0.05) is 12.1 Å². The number of ether oxygens (including phenoxy) is 1. The molecule has 3 rings (SSSR count). The predicted molar refractivity (Wildman–Crippen MR) is 101 cm³/mol. The van der Waals surface area contributed by atoms with Gasteiger partial charge >= 0.3 is 6.61 Å². The molecule has 1 heterocycles. The lowest BCUT2D eigenvalue weighted by molar-refractivity contribution is -0.0498. The number of nitrogens with zero attached hydrogens (tertiary/aromatic N) is 1. The van der Waals surface area contributed by atoms with Gasteiger partial charge in [0.25, 0.3) is 5.91 Å². The van der Waals surface area contributed by atoms with Crippen molar-refractivity contribution in [2.45, 2.75) is 25.5 Å². The first-order valence-corrected chi connectivity index (χ1v) is 8.94. The zero-order valence-electron chi connectivity index (χ0n) is 15.1. The molecule has 0 bridgehead atoms. The maximum Gasteiger partial charge on any atom is 0.387 e. The van der Waals surface area contributed by atoms with E-state index in [-0.39, 0.29) is 11.7 Å². The normalized spacial score (nSPS) is 15.0. The summed E-state index contributed by atoms with van der Waals surface area (Å²) in [5.41, 5.74) is 1.96. The molecule has 0 aliphatic carbocycles. The van der Waals surface area contributed by atoms with Crippen LogP contribution in [-0.2, 0) is 0 Å². The molecule has 1 aliphatic heterocycles. The number of likely N-dealkylation sites (tertiary alicyclic amines) is 1. The summed E-state index contributed by atoms with van der Waals surface area (Å²) in [7, 11) is 1.94. The standard InChI is InChI=1S/C20H23F2N3O2/c1-23-14-10-12-25(13-11-14)19(26)17-4-2-3-5-18(17)24-15-6-8-16(9-7-15)27-20(21)22/h2-9,14,20,23-24H,10-13H2,1H3. The van der Waals surface area contributed by atoms with E-state index in [4.69, 9.17) is 0 Å². The maximum atomic E-state index is 12.9. The van der Waals surface area contributed by atoms with Crippen molar-refractivity contribution in [2.75, 3.05) is 25.5 Å². The molecule has 7 heteroatoms. The number of anilines is 2. The lowest BCUT2D eigenvalue weighted by atomic mass is 10.0. The number of alkyl halides is 2. The minimum atomic E-state index is -2.85. The molecule has 2 aromatic carbocycles. The van der Waals surface area contributed by atoms with Crippen LogP contribution in [0.2, 0.25) is 0 Å². The molecule has 144 valence electrons. The topological polar surface area (TPSA) is 53.6 Å². The second-order valence-electron chi connectivity index (χ2n) is 6.43. The molecule has 1 aliphatic rings. The molecule has 0 aromatic heterocycles. The Bertz CT molecular complexity index is 760. The summed E-state index contributed by atoms with van der Waals surface area (Å²) in [6.07, 6.45) is 1.87. The molecule has 2 aromatic rings. The Kier molecular flexibility index (Phi) is 6.24. The van der Waals surface area contributed by atoms with E-state index in [2.05, 4.69) is 15.4 Å². The van der Waals surface area contributed by atoms with Gasteiger partial charge in [-0.25, -0.2) is 0 Å². The molecule has 27 heavy (non-hydrogen) atoms. The van der Waals surface area contributed by atoms with Gasteiger partial charge in [0.05, 0.1) is 11.3 Å². The first-order valence-electron chi connectivity index (χ1n) is 8.94. The Morgan fingerprint density at radius 2 is 1.78 bits per heavy atom. The highest BCUT2D eigenvalue weighted by Gasteiger charge is 2.24. The molecule has 2 N–H and O–H groups in total. The molecule has 0 spiro atoms. The average molecular weight is 375 g/mol. The number of carbonyl (C=O) groups excluding carboxylic acids is 1. The third-order valence-corrected chi connectivity index (χ3v) is 4.71. The highest BCUT2D eigenvalue weighted by Crippen LogP contribution is 2.25. The van der Waals surface area contributed by atoms with Crippen LogP contribution in [0, 0.1) is 0 Å². The Morgan fingerprint density at radius 1 is 1.11 bits per heavy atom. The number of rotatable bonds is 6. The molecular formula is C20H23F2N3O2. The van der Waals surface area contributed by atoms with Crippen LogP contribution in [0.25, 0.3) is 0 Å². The molecule has 0 unspecified atom stereocenters. The van der Waals surface area contributed by atoms with E-state index in [1.807, 2.05) is 30.1 Å². The Balaban J connectivity index is 1.71. The van der Waals surface area contributed by atoms with Crippen LogP contribution in [0.5, 0.6) is 5.75 Å². The summed E-state index contributed by atoms with van der Waals surface area (Å²) < 4.78 is 28.9. The smallest absolute Gasteiger partial charge is 0.387 e. The summed E-state index contributed by atoms with van der Waals surface area (Å²) in [4.78, 5) is 14.8. The van der Waals surface area contributed by atoms with Gasteiger partial charge in [0.2, 0.25) is 0 Å². The lowest BCUT2D eigenvalue weighted by Gasteiger charge is -2.32. The van der Waals surface area contributed by atoms with Crippen LogP contribution in [0.15, 0.2) is 48.5 Å². The van der Waals surface area contributed by atoms with Gasteiger partial charge in [-0.2, -0.15) is 8.78 Å². The fraction of sp³-hybridized carbons (Fsp3) is 0.350. The van der Waals surface area contributed by atoms with Gasteiger partial charge in [-0.3, -0.25) is 4.79 Å². The van der Waals surface area contributed by atoms with E-state index >= 15 is 0 Å². The van der Waals surface area contributed by atoms with Crippen molar-refractivity contribution in [3.05, 3.63) is 54.1 Å². The number of amides is 1. The second kappa shape index (κ2) is 8.81. The van der Waals surface area contributed by atoms with Crippen LogP contribution in [0.3, 0.4) is 0 Å². The van der Waals surface area contributed by atoms with Crippen molar-refractivity contribution in [2.24, 2.45) is 0 Å². The Hall–Kier alpha value is -2.67. The number of halogens is 2. The predicted octanol–water partition coefficient (Wildman–Crippen LogP) is 3.86. The fourth-order valence-electron chi connectivity index (χ4n) is 3.20. The molecular weight excluding hydrogens is 352 g/mol. The number of hydrogen-bond donors (Lipinski definition) is 2. The van der Waals surface area contributed by atoms with E-state index in [1.54, 1.807) is 18.2 Å². The zero-order chi connectivity index (χ0) is 19.2. The van der Waals surface area contributed by atoms with Crippen LogP contribution in [0.1, 0.15) is 23.2 Å². The van der Waals surface area contributed by atoms with Crippen LogP contribution >= 0.6 is 0 Å². The SMILES string of the molecule is CNC1CCN(C(=O)c2ccccc2Nc2ccc(OC(F)F)cc2)CC1. The Morgan fingerprint density at radius 3 is 2.41 bits per heavy atom. The number of benzene rings is 2. The van der Waals surface area contributed by atoms with Gasteiger partial charge in [0, 0.05) is 24.8 Å². The zero-order valence-corrected chi connectivity index (χ0v) is 15.1.